The van der Waals surface area contributed by atoms with Crippen molar-refractivity contribution >= 4 is 141 Å². The number of hydrogen-bond acceptors (Lipinski definition) is 1. The fourth-order valence-electron chi connectivity index (χ4n) is 15.5. The van der Waals surface area contributed by atoms with Gasteiger partial charge in [-0.05, 0) is 152 Å². The van der Waals surface area contributed by atoms with Crippen LogP contribution >= 0.6 is 0 Å². The molecule has 0 saturated heterocycles. The summed E-state index contributed by atoms with van der Waals surface area (Å²) in [6, 6.07) is 86.7. The van der Waals surface area contributed by atoms with Crippen molar-refractivity contribution in [1.82, 2.24) is 22.9 Å². The van der Waals surface area contributed by atoms with Gasteiger partial charge >= 0.3 is 0 Å². The third-order valence-corrected chi connectivity index (χ3v) is 19.5. The smallest absolute Gasteiger partial charge is 0.146 e. The SMILES string of the molecule is CC(C)(C)c1cc(-c2ccc3c(c2)c2ccccc2n3-c2ccccc2)c2c(c1)c1cc3ccccc3c3c4c5c6cc(C(C)(C)C)cc7c8c9ccccc9cc(-c9ccc%10c(c9)c9ccccc9n%10-c9ccccc9)c8n(c5ncc4n2c13)c67. The Hall–Kier alpha value is -10.5. The zero-order chi connectivity index (χ0) is 57.2. The summed E-state index contributed by atoms with van der Waals surface area (Å²) in [4.78, 5) is 5.87. The molecular formula is C81H57N5. The monoisotopic (exact) mass is 1100 g/mol. The molecule has 0 fully saturated rings. The largest absolute Gasteiger partial charge is 0.309 e. The second-order valence-corrected chi connectivity index (χ2v) is 26.3. The lowest BCUT2D eigenvalue weighted by Gasteiger charge is -2.21. The summed E-state index contributed by atoms with van der Waals surface area (Å²) in [7, 11) is 0. The second kappa shape index (κ2) is 16.6. The molecule has 0 spiro atoms. The van der Waals surface area contributed by atoms with Gasteiger partial charge in [0.15, 0.2) is 0 Å². The van der Waals surface area contributed by atoms with E-state index >= 15 is 0 Å². The van der Waals surface area contributed by atoms with E-state index in [1.807, 2.05) is 0 Å². The molecule has 0 atom stereocenters. The molecule has 0 saturated carbocycles. The average Bonchev–Trinajstić information content (AvgIpc) is 1.50. The van der Waals surface area contributed by atoms with Crippen LogP contribution in [0.3, 0.4) is 0 Å². The van der Waals surface area contributed by atoms with Gasteiger partial charge in [-0.1, -0.05) is 175 Å². The van der Waals surface area contributed by atoms with E-state index in [2.05, 4.69) is 296 Å². The molecule has 0 amide bonds. The molecule has 0 aliphatic carbocycles. The van der Waals surface area contributed by atoms with Crippen LogP contribution in [-0.4, -0.2) is 22.9 Å². The van der Waals surface area contributed by atoms with Crippen molar-refractivity contribution in [2.24, 2.45) is 0 Å². The summed E-state index contributed by atoms with van der Waals surface area (Å²) in [5.74, 6) is 0. The van der Waals surface area contributed by atoms with E-state index < -0.39 is 0 Å². The highest BCUT2D eigenvalue weighted by atomic mass is 15.0. The molecule has 86 heavy (non-hydrogen) atoms. The van der Waals surface area contributed by atoms with Crippen LogP contribution in [0.25, 0.3) is 175 Å². The Bertz CT molecular complexity index is 6130. The molecule has 0 aliphatic heterocycles. The summed E-state index contributed by atoms with van der Waals surface area (Å²) in [5.41, 5.74) is 21.2. The first-order valence-corrected chi connectivity index (χ1v) is 30.3. The Balaban J connectivity index is 0.971. The topological polar surface area (TPSA) is 31.6 Å². The van der Waals surface area contributed by atoms with E-state index in [4.69, 9.17) is 4.98 Å². The number of nitrogens with zero attached hydrogens (tertiary/aromatic N) is 5. The van der Waals surface area contributed by atoms with Crippen LogP contribution in [0.5, 0.6) is 0 Å². The second-order valence-electron chi connectivity index (χ2n) is 26.3. The lowest BCUT2D eigenvalue weighted by atomic mass is 9.83. The molecule has 7 aromatic heterocycles. The van der Waals surface area contributed by atoms with Crippen molar-refractivity contribution in [3.8, 4) is 33.6 Å². The molecule has 0 aliphatic rings. The van der Waals surface area contributed by atoms with Crippen LogP contribution in [0.1, 0.15) is 52.7 Å². The minimum absolute atomic E-state index is 0.119. The molecule has 406 valence electrons. The third-order valence-electron chi connectivity index (χ3n) is 19.5. The van der Waals surface area contributed by atoms with E-state index in [-0.39, 0.29) is 10.8 Å². The molecule has 5 heteroatoms. The number of rotatable bonds is 4. The predicted molar refractivity (Wildman–Crippen MR) is 366 cm³/mol. The number of aromatic nitrogens is 5. The normalized spacial score (nSPS) is 13.0. The highest BCUT2D eigenvalue weighted by molar-refractivity contribution is 6.41. The summed E-state index contributed by atoms with van der Waals surface area (Å²) in [6.45, 7) is 14.2. The quantitative estimate of drug-likeness (QED) is 0.173. The maximum Gasteiger partial charge on any atom is 0.146 e. The van der Waals surface area contributed by atoms with Crippen LogP contribution in [0.15, 0.2) is 237 Å². The minimum Gasteiger partial charge on any atom is -0.309 e. The Morgan fingerprint density at radius 3 is 1.35 bits per heavy atom. The maximum atomic E-state index is 5.87. The van der Waals surface area contributed by atoms with E-state index in [1.165, 1.54) is 164 Å². The van der Waals surface area contributed by atoms with Gasteiger partial charge in [0.1, 0.15) is 5.65 Å². The highest BCUT2D eigenvalue weighted by Crippen LogP contribution is 2.53. The third kappa shape index (κ3) is 6.26. The Labute approximate surface area is 495 Å². The van der Waals surface area contributed by atoms with Gasteiger partial charge in [-0.25, -0.2) is 4.98 Å². The number of para-hydroxylation sites is 4. The molecule has 0 N–H and O–H groups in total. The maximum absolute atomic E-state index is 5.87. The number of hydrogen-bond donors (Lipinski definition) is 0. The van der Waals surface area contributed by atoms with Crippen LogP contribution in [0.2, 0.25) is 0 Å². The van der Waals surface area contributed by atoms with Gasteiger partial charge in [-0.2, -0.15) is 0 Å². The first-order chi connectivity index (χ1) is 42.0. The van der Waals surface area contributed by atoms with Crippen molar-refractivity contribution < 1.29 is 0 Å². The van der Waals surface area contributed by atoms with Crippen LogP contribution in [0.4, 0.5) is 0 Å². The molecule has 7 heterocycles. The molecule has 0 bridgehead atoms. The van der Waals surface area contributed by atoms with Gasteiger partial charge in [0.25, 0.3) is 0 Å². The summed E-state index contributed by atoms with van der Waals surface area (Å²) >= 11 is 0. The summed E-state index contributed by atoms with van der Waals surface area (Å²) in [6.07, 6.45) is 2.22. The zero-order valence-electron chi connectivity index (χ0n) is 48.8. The first kappa shape index (κ1) is 47.9. The average molecular weight is 1100 g/mol. The molecule has 0 radical (unpaired) electrons. The van der Waals surface area contributed by atoms with Crippen LogP contribution < -0.4 is 0 Å². The summed E-state index contributed by atoms with van der Waals surface area (Å²) < 4.78 is 10.0. The molecule has 0 unspecified atom stereocenters. The molecule has 19 aromatic rings. The molecule has 19 rings (SSSR count). The van der Waals surface area contributed by atoms with Gasteiger partial charge in [-0.15, -0.1) is 0 Å². The van der Waals surface area contributed by atoms with Gasteiger partial charge < -0.3 is 13.5 Å². The number of benzene rings is 12. The number of pyridine rings is 1. The molecule has 5 nitrogen and oxygen atoms in total. The Kier molecular flexibility index (Phi) is 9.28. The van der Waals surface area contributed by atoms with Crippen molar-refractivity contribution in [3.63, 3.8) is 0 Å². The lowest BCUT2D eigenvalue weighted by Crippen LogP contribution is -2.11. The van der Waals surface area contributed by atoms with Crippen molar-refractivity contribution in [3.05, 3.63) is 248 Å². The predicted octanol–water partition coefficient (Wildman–Crippen LogP) is 21.8. The van der Waals surface area contributed by atoms with E-state index in [0.29, 0.717) is 0 Å². The fraction of sp³-hybridized carbons (Fsp3) is 0.0988. The van der Waals surface area contributed by atoms with Gasteiger partial charge in [0.05, 0.1) is 55.8 Å². The Morgan fingerprint density at radius 2 is 0.756 bits per heavy atom. The van der Waals surface area contributed by atoms with Crippen molar-refractivity contribution in [2.45, 2.75) is 52.4 Å². The van der Waals surface area contributed by atoms with Crippen molar-refractivity contribution in [1.29, 1.82) is 0 Å². The first-order valence-electron chi connectivity index (χ1n) is 30.3. The van der Waals surface area contributed by atoms with Crippen LogP contribution in [-0.2, 0) is 10.8 Å². The lowest BCUT2D eigenvalue weighted by molar-refractivity contribution is 0.591. The Morgan fingerprint density at radius 1 is 0.291 bits per heavy atom. The molecule has 12 aromatic carbocycles. The van der Waals surface area contributed by atoms with Gasteiger partial charge in [-0.3, -0.25) is 4.40 Å². The van der Waals surface area contributed by atoms with E-state index in [9.17, 15) is 0 Å². The number of fused-ring (bicyclic) bond motifs is 23. The zero-order valence-corrected chi connectivity index (χ0v) is 48.8. The standard InChI is InChI=1S/C81H57N5/c1-80(2,3)50-41-59(49-34-36-69-61(39-49)57-30-18-20-32-67(57)84(69)53-25-11-8-12-26-53)75-63(42-50)62-40-47-22-14-16-28-55(47)72-74-70(85(75)78(62)72)45-82-79-73(74)65-44-51(81(4,5)6)43-64-71-54-27-15-13-21-46(54)37-58(77(71)86(79)76(64)65)48-33-35-68-60(38-48)56-29-17-19-31-66(56)83(68)52-23-9-7-10-24-52/h7-45H,1-6H3. The highest BCUT2D eigenvalue weighted by Gasteiger charge is 2.32. The van der Waals surface area contributed by atoms with Gasteiger partial charge in [0.2, 0.25) is 0 Å². The fourth-order valence-corrected chi connectivity index (χ4v) is 15.5. The van der Waals surface area contributed by atoms with E-state index in [0.717, 1.165) is 22.5 Å². The van der Waals surface area contributed by atoms with Gasteiger partial charge in [0, 0.05) is 87.1 Å². The minimum atomic E-state index is -0.152. The summed E-state index contributed by atoms with van der Waals surface area (Å²) in [5, 5.41) is 20.0. The van der Waals surface area contributed by atoms with E-state index in [1.54, 1.807) is 0 Å². The van der Waals surface area contributed by atoms with Crippen LogP contribution in [0, 0.1) is 0 Å². The van der Waals surface area contributed by atoms with Crippen molar-refractivity contribution in [2.75, 3.05) is 0 Å². The molecular weight excluding hydrogens is 1040 g/mol.